The third-order valence-corrected chi connectivity index (χ3v) is 2.78. The molecule has 0 bridgehead atoms. The fourth-order valence-electron chi connectivity index (χ4n) is 1.59. The summed E-state index contributed by atoms with van der Waals surface area (Å²) in [5.41, 5.74) is 1.64. The van der Waals surface area contributed by atoms with Gasteiger partial charge in [0.05, 0.1) is 17.6 Å². The molecule has 0 fully saturated rings. The molecule has 0 radical (unpaired) electrons. The van der Waals surface area contributed by atoms with Gasteiger partial charge in [-0.15, -0.1) is 11.6 Å². The molecule has 1 amide bonds. The molecule has 2 aromatic rings. The number of amides is 1. The van der Waals surface area contributed by atoms with Crippen molar-refractivity contribution in [3.05, 3.63) is 24.3 Å². The Morgan fingerprint density at radius 3 is 2.94 bits per heavy atom. The van der Waals surface area contributed by atoms with Crippen LogP contribution in [0.4, 0.5) is 0 Å². The number of hydrogen-bond donors (Lipinski definition) is 0. The molecule has 90 valence electrons. The van der Waals surface area contributed by atoms with Crippen molar-refractivity contribution in [2.75, 3.05) is 14.1 Å². The zero-order valence-electron chi connectivity index (χ0n) is 9.72. The Balaban J connectivity index is 2.47. The first-order valence-electron chi connectivity index (χ1n) is 5.18. The van der Waals surface area contributed by atoms with Crippen LogP contribution >= 0.6 is 11.6 Å². The van der Waals surface area contributed by atoms with Gasteiger partial charge in [0.1, 0.15) is 17.9 Å². The van der Waals surface area contributed by atoms with Crippen LogP contribution in [0.25, 0.3) is 11.0 Å². The third kappa shape index (κ3) is 2.24. The van der Waals surface area contributed by atoms with Gasteiger partial charge in [-0.3, -0.25) is 9.78 Å². The van der Waals surface area contributed by atoms with E-state index in [0.717, 1.165) is 11.0 Å². The molecule has 0 saturated heterocycles. The van der Waals surface area contributed by atoms with Crippen molar-refractivity contribution in [3.8, 4) is 0 Å². The van der Waals surface area contributed by atoms with E-state index >= 15 is 0 Å². The first-order chi connectivity index (χ1) is 8.13. The first kappa shape index (κ1) is 11.9. The van der Waals surface area contributed by atoms with Gasteiger partial charge in [-0.2, -0.15) is 0 Å². The maximum Gasteiger partial charge on any atom is 0.242 e. The van der Waals surface area contributed by atoms with Crippen molar-refractivity contribution in [2.45, 2.75) is 12.4 Å². The summed E-state index contributed by atoms with van der Waals surface area (Å²) >= 11 is 5.84. The van der Waals surface area contributed by atoms with Crippen LogP contribution in [0.2, 0.25) is 0 Å². The number of carbonyl (C=O) groups is 1. The van der Waals surface area contributed by atoms with Crippen molar-refractivity contribution in [1.29, 1.82) is 0 Å². The lowest BCUT2D eigenvalue weighted by atomic mass is 10.4. The molecule has 0 atom stereocenters. The van der Waals surface area contributed by atoms with Crippen LogP contribution < -0.4 is 0 Å². The highest BCUT2D eigenvalue weighted by atomic mass is 35.5. The highest BCUT2D eigenvalue weighted by Crippen LogP contribution is 2.16. The summed E-state index contributed by atoms with van der Waals surface area (Å²) in [6.07, 6.45) is 3.35. The summed E-state index contributed by atoms with van der Waals surface area (Å²) in [7, 11) is 3.45. The second kappa shape index (κ2) is 4.71. The number of likely N-dealkylation sites (N-methyl/N-ethyl adjacent to an activating group) is 1. The minimum absolute atomic E-state index is 0.00692. The number of rotatable bonds is 3. The van der Waals surface area contributed by atoms with Crippen LogP contribution in [0.3, 0.4) is 0 Å². The van der Waals surface area contributed by atoms with Crippen LogP contribution in [0.15, 0.2) is 18.5 Å². The largest absolute Gasteiger partial charge is 0.347 e. The molecule has 0 N–H and O–H groups in total. The zero-order chi connectivity index (χ0) is 12.4. The zero-order valence-corrected chi connectivity index (χ0v) is 10.5. The van der Waals surface area contributed by atoms with Gasteiger partial charge in [-0.05, 0) is 6.07 Å². The maximum atomic E-state index is 11.7. The molecule has 0 spiro atoms. The Kier molecular flexibility index (Phi) is 3.28. The molecule has 0 aliphatic rings. The minimum Gasteiger partial charge on any atom is -0.347 e. The van der Waals surface area contributed by atoms with E-state index in [1.807, 2.05) is 10.6 Å². The quantitative estimate of drug-likeness (QED) is 0.773. The summed E-state index contributed by atoms with van der Waals surface area (Å²) in [4.78, 5) is 21.6. The Morgan fingerprint density at radius 1 is 1.53 bits per heavy atom. The van der Waals surface area contributed by atoms with Crippen molar-refractivity contribution in [2.24, 2.45) is 0 Å². The summed E-state index contributed by atoms with van der Waals surface area (Å²) in [5, 5.41) is 0. The molecule has 0 aliphatic carbocycles. The number of alkyl halides is 1. The van der Waals surface area contributed by atoms with E-state index in [1.54, 1.807) is 31.4 Å². The topological polar surface area (TPSA) is 51.0 Å². The predicted molar refractivity (Wildman–Crippen MR) is 65.8 cm³/mol. The van der Waals surface area contributed by atoms with Gasteiger partial charge < -0.3 is 9.47 Å². The van der Waals surface area contributed by atoms with Crippen LogP contribution in [-0.4, -0.2) is 39.4 Å². The molecule has 0 unspecified atom stereocenters. The van der Waals surface area contributed by atoms with Crippen LogP contribution in [0.5, 0.6) is 0 Å². The Morgan fingerprint density at radius 2 is 2.29 bits per heavy atom. The van der Waals surface area contributed by atoms with Crippen molar-refractivity contribution in [3.63, 3.8) is 0 Å². The number of fused-ring (bicyclic) bond motifs is 1. The van der Waals surface area contributed by atoms with Gasteiger partial charge in [0.25, 0.3) is 0 Å². The van der Waals surface area contributed by atoms with E-state index in [-0.39, 0.29) is 18.3 Å². The Bertz CT molecular complexity index is 549. The minimum atomic E-state index is 0.00692. The highest BCUT2D eigenvalue weighted by molar-refractivity contribution is 6.16. The van der Waals surface area contributed by atoms with Gasteiger partial charge in [0, 0.05) is 20.3 Å². The van der Waals surface area contributed by atoms with Gasteiger partial charge in [-0.1, -0.05) is 0 Å². The predicted octanol–water partition coefficient (Wildman–Crippen LogP) is 1.26. The van der Waals surface area contributed by atoms with E-state index in [4.69, 9.17) is 11.6 Å². The van der Waals surface area contributed by atoms with Crippen LogP contribution in [0, 0.1) is 0 Å². The fourth-order valence-corrected chi connectivity index (χ4v) is 1.79. The smallest absolute Gasteiger partial charge is 0.242 e. The maximum absolute atomic E-state index is 11.7. The SMILES string of the molecule is CN(C)C(=O)Cn1c(CCl)nc2cnccc21. The number of imidazole rings is 1. The summed E-state index contributed by atoms with van der Waals surface area (Å²) in [6.45, 7) is 0.246. The number of nitrogens with zero attached hydrogens (tertiary/aromatic N) is 4. The van der Waals surface area contributed by atoms with Crippen molar-refractivity contribution < 1.29 is 4.79 Å². The van der Waals surface area contributed by atoms with Crippen LogP contribution in [0.1, 0.15) is 5.82 Å². The number of halogens is 1. The third-order valence-electron chi connectivity index (χ3n) is 2.54. The average Bonchev–Trinajstić information content (AvgIpc) is 2.67. The summed E-state index contributed by atoms with van der Waals surface area (Å²) < 4.78 is 1.83. The molecule has 17 heavy (non-hydrogen) atoms. The summed E-state index contributed by atoms with van der Waals surface area (Å²) in [5.74, 6) is 0.965. The van der Waals surface area contributed by atoms with Gasteiger partial charge in [0.15, 0.2) is 0 Å². The Labute approximate surface area is 104 Å². The van der Waals surface area contributed by atoms with E-state index in [2.05, 4.69) is 9.97 Å². The van der Waals surface area contributed by atoms with E-state index < -0.39 is 0 Å². The van der Waals surface area contributed by atoms with Gasteiger partial charge in [0.2, 0.25) is 5.91 Å². The first-order valence-corrected chi connectivity index (χ1v) is 5.72. The number of carbonyl (C=O) groups excluding carboxylic acids is 1. The normalized spacial score (nSPS) is 10.8. The number of pyridine rings is 1. The molecule has 2 aromatic heterocycles. The van der Waals surface area contributed by atoms with Gasteiger partial charge in [-0.25, -0.2) is 4.98 Å². The van der Waals surface area contributed by atoms with Crippen LogP contribution in [-0.2, 0) is 17.2 Å². The fraction of sp³-hybridized carbons (Fsp3) is 0.364. The number of hydrogen-bond acceptors (Lipinski definition) is 3. The van der Waals surface area contributed by atoms with E-state index in [9.17, 15) is 4.79 Å². The second-order valence-electron chi connectivity index (χ2n) is 3.90. The Hall–Kier alpha value is -1.62. The monoisotopic (exact) mass is 252 g/mol. The molecular formula is C11H13ClN4O. The molecule has 6 heteroatoms. The molecule has 0 aromatic carbocycles. The lowest BCUT2D eigenvalue weighted by molar-refractivity contribution is -0.129. The molecular weight excluding hydrogens is 240 g/mol. The molecule has 0 aliphatic heterocycles. The lowest BCUT2D eigenvalue weighted by Gasteiger charge is -2.12. The molecule has 2 rings (SSSR count). The van der Waals surface area contributed by atoms with E-state index in [1.165, 1.54) is 0 Å². The standard InChI is InChI=1S/C11H13ClN4O/c1-15(2)11(17)7-16-9-3-4-13-6-8(9)14-10(16)5-12/h3-4,6H,5,7H2,1-2H3. The number of aromatic nitrogens is 3. The van der Waals surface area contributed by atoms with Gasteiger partial charge >= 0.3 is 0 Å². The van der Waals surface area contributed by atoms with E-state index in [0.29, 0.717) is 5.82 Å². The van der Waals surface area contributed by atoms with Crippen molar-refractivity contribution >= 4 is 28.5 Å². The molecule has 5 nitrogen and oxygen atoms in total. The molecule has 0 saturated carbocycles. The highest BCUT2D eigenvalue weighted by Gasteiger charge is 2.13. The lowest BCUT2D eigenvalue weighted by Crippen LogP contribution is -2.26. The molecule has 2 heterocycles. The van der Waals surface area contributed by atoms with Crippen molar-refractivity contribution in [1.82, 2.24) is 19.4 Å². The average molecular weight is 253 g/mol. The summed E-state index contributed by atoms with van der Waals surface area (Å²) in [6, 6.07) is 1.83. The second-order valence-corrected chi connectivity index (χ2v) is 4.17.